The lowest BCUT2D eigenvalue weighted by molar-refractivity contribution is -0.140. The molecule has 1 N–H and O–H groups in total. The normalized spacial score (nSPS) is 13.1. The molecule has 86 valence electrons. The number of hydrogen-bond donors (Lipinski definition) is 1. The van der Waals surface area contributed by atoms with Crippen LogP contribution in [0.4, 0.5) is 0 Å². The van der Waals surface area contributed by atoms with Crippen LogP contribution < -0.4 is 0 Å². The standard InChI is InChI=1S/C10H22O4/c1-3-5-12-7-8-13-9-10(11)14-6-4-2/h10-11H,3-9H2,1-2H3. The molecule has 1 unspecified atom stereocenters. The van der Waals surface area contributed by atoms with Gasteiger partial charge in [-0.3, -0.25) is 0 Å². The highest BCUT2D eigenvalue weighted by Gasteiger charge is 2.02. The molecule has 0 radical (unpaired) electrons. The summed E-state index contributed by atoms with van der Waals surface area (Å²) >= 11 is 0. The molecule has 0 amide bonds. The first-order chi connectivity index (χ1) is 6.81. The Morgan fingerprint density at radius 2 is 1.57 bits per heavy atom. The van der Waals surface area contributed by atoms with Crippen molar-refractivity contribution in [3.63, 3.8) is 0 Å². The van der Waals surface area contributed by atoms with Gasteiger partial charge in [0, 0.05) is 13.2 Å². The summed E-state index contributed by atoms with van der Waals surface area (Å²) in [4.78, 5) is 0. The minimum absolute atomic E-state index is 0.218. The number of hydrogen-bond acceptors (Lipinski definition) is 4. The molecule has 1 atom stereocenters. The third kappa shape index (κ3) is 9.92. The minimum atomic E-state index is -0.805. The summed E-state index contributed by atoms with van der Waals surface area (Å²) in [6, 6.07) is 0. The van der Waals surface area contributed by atoms with E-state index in [0.29, 0.717) is 19.8 Å². The van der Waals surface area contributed by atoms with Crippen molar-refractivity contribution in [2.45, 2.75) is 33.0 Å². The van der Waals surface area contributed by atoms with Gasteiger partial charge in [0.05, 0.1) is 19.8 Å². The predicted octanol–water partition coefficient (Wildman–Crippen LogP) is 1.17. The quantitative estimate of drug-likeness (QED) is 0.430. The lowest BCUT2D eigenvalue weighted by Crippen LogP contribution is -2.21. The van der Waals surface area contributed by atoms with E-state index in [1.165, 1.54) is 0 Å². The monoisotopic (exact) mass is 206 g/mol. The zero-order valence-corrected chi connectivity index (χ0v) is 9.20. The van der Waals surface area contributed by atoms with Gasteiger partial charge in [0.25, 0.3) is 0 Å². The van der Waals surface area contributed by atoms with Gasteiger partial charge in [0.15, 0.2) is 6.29 Å². The number of rotatable bonds is 10. The van der Waals surface area contributed by atoms with Crippen molar-refractivity contribution in [1.82, 2.24) is 0 Å². The molecule has 4 heteroatoms. The Balaban J connectivity index is 3.02. The zero-order chi connectivity index (χ0) is 10.6. The Bertz CT molecular complexity index is 108. The summed E-state index contributed by atoms with van der Waals surface area (Å²) in [5, 5.41) is 9.19. The molecule has 0 saturated carbocycles. The summed E-state index contributed by atoms with van der Waals surface area (Å²) in [5.41, 5.74) is 0. The van der Waals surface area contributed by atoms with E-state index in [4.69, 9.17) is 14.2 Å². The molecule has 4 nitrogen and oxygen atoms in total. The minimum Gasteiger partial charge on any atom is -0.379 e. The zero-order valence-electron chi connectivity index (χ0n) is 9.20. The molecule has 0 aliphatic carbocycles. The van der Waals surface area contributed by atoms with Crippen LogP contribution in [0.3, 0.4) is 0 Å². The van der Waals surface area contributed by atoms with Crippen molar-refractivity contribution in [2.75, 3.05) is 33.0 Å². The van der Waals surface area contributed by atoms with Crippen LogP contribution in [-0.2, 0) is 14.2 Å². The highest BCUT2D eigenvalue weighted by atomic mass is 16.6. The van der Waals surface area contributed by atoms with E-state index in [0.717, 1.165) is 19.4 Å². The average Bonchev–Trinajstić information content (AvgIpc) is 2.20. The number of aliphatic hydroxyl groups is 1. The topological polar surface area (TPSA) is 47.9 Å². The van der Waals surface area contributed by atoms with Crippen LogP contribution in [0.5, 0.6) is 0 Å². The molecule has 0 saturated heterocycles. The van der Waals surface area contributed by atoms with E-state index in [2.05, 4.69) is 6.92 Å². The van der Waals surface area contributed by atoms with Crippen LogP contribution in [0, 0.1) is 0 Å². The lowest BCUT2D eigenvalue weighted by atomic mass is 10.5. The molecule has 0 aliphatic rings. The van der Waals surface area contributed by atoms with Crippen LogP contribution in [0.1, 0.15) is 26.7 Å². The van der Waals surface area contributed by atoms with E-state index in [-0.39, 0.29) is 6.61 Å². The van der Waals surface area contributed by atoms with Crippen LogP contribution in [0.2, 0.25) is 0 Å². The first-order valence-corrected chi connectivity index (χ1v) is 5.26. The largest absolute Gasteiger partial charge is 0.379 e. The molecule has 14 heavy (non-hydrogen) atoms. The molecule has 0 rings (SSSR count). The second kappa shape index (κ2) is 10.9. The van der Waals surface area contributed by atoms with Gasteiger partial charge in [-0.2, -0.15) is 0 Å². The van der Waals surface area contributed by atoms with Gasteiger partial charge in [0.2, 0.25) is 0 Å². The maximum absolute atomic E-state index is 9.19. The van der Waals surface area contributed by atoms with Gasteiger partial charge < -0.3 is 19.3 Å². The number of aliphatic hydroxyl groups excluding tert-OH is 1. The number of ether oxygens (including phenoxy) is 3. The maximum atomic E-state index is 9.19. The van der Waals surface area contributed by atoms with Gasteiger partial charge in [-0.15, -0.1) is 0 Å². The van der Waals surface area contributed by atoms with Crippen LogP contribution in [0.25, 0.3) is 0 Å². The fourth-order valence-electron chi connectivity index (χ4n) is 0.850. The van der Waals surface area contributed by atoms with E-state index in [9.17, 15) is 5.11 Å². The van der Waals surface area contributed by atoms with Crippen molar-refractivity contribution >= 4 is 0 Å². The first-order valence-electron chi connectivity index (χ1n) is 5.26. The van der Waals surface area contributed by atoms with Gasteiger partial charge in [-0.05, 0) is 12.8 Å². The summed E-state index contributed by atoms with van der Waals surface area (Å²) < 4.78 is 15.3. The molecular formula is C10H22O4. The van der Waals surface area contributed by atoms with Crippen LogP contribution in [-0.4, -0.2) is 44.4 Å². The Hall–Kier alpha value is -0.160. The van der Waals surface area contributed by atoms with Gasteiger partial charge >= 0.3 is 0 Å². The second-order valence-corrected chi connectivity index (χ2v) is 3.01. The highest BCUT2D eigenvalue weighted by molar-refractivity contribution is 4.38. The third-order valence-corrected chi connectivity index (χ3v) is 1.50. The summed E-state index contributed by atoms with van der Waals surface area (Å²) in [7, 11) is 0. The molecule has 0 spiro atoms. The van der Waals surface area contributed by atoms with Gasteiger partial charge in [0.1, 0.15) is 0 Å². The highest BCUT2D eigenvalue weighted by Crippen LogP contribution is 1.91. The first kappa shape index (κ1) is 13.8. The maximum Gasteiger partial charge on any atom is 0.178 e. The fraction of sp³-hybridized carbons (Fsp3) is 1.00. The molecular weight excluding hydrogens is 184 g/mol. The summed E-state index contributed by atoms with van der Waals surface area (Å²) in [6.45, 7) is 6.68. The molecule has 0 bridgehead atoms. The van der Waals surface area contributed by atoms with E-state index in [1.54, 1.807) is 0 Å². The van der Waals surface area contributed by atoms with Gasteiger partial charge in [-0.1, -0.05) is 13.8 Å². The Labute approximate surface area is 86.2 Å². The van der Waals surface area contributed by atoms with Crippen LogP contribution in [0.15, 0.2) is 0 Å². The third-order valence-electron chi connectivity index (χ3n) is 1.50. The van der Waals surface area contributed by atoms with E-state index < -0.39 is 6.29 Å². The molecule has 0 heterocycles. The SMILES string of the molecule is CCCOCCOCC(O)OCCC. The van der Waals surface area contributed by atoms with E-state index >= 15 is 0 Å². The predicted molar refractivity (Wildman–Crippen MR) is 54.2 cm³/mol. The van der Waals surface area contributed by atoms with Crippen molar-refractivity contribution in [3.8, 4) is 0 Å². The molecule has 0 aromatic carbocycles. The van der Waals surface area contributed by atoms with Crippen molar-refractivity contribution < 1.29 is 19.3 Å². The second-order valence-electron chi connectivity index (χ2n) is 3.01. The van der Waals surface area contributed by atoms with Crippen LogP contribution >= 0.6 is 0 Å². The molecule has 0 aliphatic heterocycles. The van der Waals surface area contributed by atoms with Crippen molar-refractivity contribution in [1.29, 1.82) is 0 Å². The lowest BCUT2D eigenvalue weighted by Gasteiger charge is -2.11. The molecule has 0 aromatic rings. The smallest absolute Gasteiger partial charge is 0.178 e. The Kier molecular flexibility index (Phi) is 10.8. The van der Waals surface area contributed by atoms with Crippen molar-refractivity contribution in [2.24, 2.45) is 0 Å². The van der Waals surface area contributed by atoms with Crippen molar-refractivity contribution in [3.05, 3.63) is 0 Å². The van der Waals surface area contributed by atoms with Gasteiger partial charge in [-0.25, -0.2) is 0 Å². The average molecular weight is 206 g/mol. The molecule has 0 fully saturated rings. The summed E-state index contributed by atoms with van der Waals surface area (Å²) in [6.07, 6.45) is 1.11. The summed E-state index contributed by atoms with van der Waals surface area (Å²) in [5.74, 6) is 0. The Morgan fingerprint density at radius 1 is 0.929 bits per heavy atom. The molecule has 0 aromatic heterocycles. The van der Waals surface area contributed by atoms with E-state index in [1.807, 2.05) is 6.92 Å². The fourth-order valence-corrected chi connectivity index (χ4v) is 0.850. The Morgan fingerprint density at radius 3 is 2.21 bits per heavy atom.